The second-order valence-electron chi connectivity index (χ2n) is 11.1. The lowest BCUT2D eigenvalue weighted by molar-refractivity contribution is 0.667. The van der Waals surface area contributed by atoms with Gasteiger partial charge < -0.3 is 14.2 Å². The summed E-state index contributed by atoms with van der Waals surface area (Å²) in [5.41, 5.74) is 8.64. The van der Waals surface area contributed by atoms with Crippen LogP contribution in [0.15, 0.2) is 158 Å². The first-order valence-electron chi connectivity index (χ1n) is 14.7. The fraction of sp³-hybridized carbons (Fsp3) is 0.0256. The van der Waals surface area contributed by atoms with E-state index >= 15 is 0 Å². The van der Waals surface area contributed by atoms with E-state index in [9.17, 15) is 0 Å². The summed E-state index contributed by atoms with van der Waals surface area (Å²) in [6.07, 6.45) is -0.299. The lowest BCUT2D eigenvalue weighted by Crippen LogP contribution is -2.33. The molecule has 6 aromatic carbocycles. The number of rotatable bonds is 4. The molecule has 3 heterocycles. The van der Waals surface area contributed by atoms with Gasteiger partial charge in [0.2, 0.25) is 0 Å². The Bertz CT molecular complexity index is 2420. The van der Waals surface area contributed by atoms with E-state index in [1.807, 2.05) is 54.6 Å². The topological polar surface area (TPSA) is 63.0 Å². The largest absolute Gasteiger partial charge is 0.456 e. The number of nitrogens with zero attached hydrogens (tertiary/aromatic N) is 2. The van der Waals surface area contributed by atoms with Crippen LogP contribution in [0.25, 0.3) is 55.0 Å². The van der Waals surface area contributed by atoms with Crippen molar-refractivity contribution in [3.05, 3.63) is 156 Å². The monoisotopic (exact) mass is 567 g/mol. The van der Waals surface area contributed by atoms with E-state index in [1.165, 1.54) is 5.56 Å². The highest BCUT2D eigenvalue weighted by Crippen LogP contribution is 2.34. The Labute approximate surface area is 252 Å². The van der Waals surface area contributed by atoms with Gasteiger partial charge in [-0.05, 0) is 65.2 Å². The molecule has 1 unspecified atom stereocenters. The van der Waals surface area contributed by atoms with Gasteiger partial charge in [-0.1, -0.05) is 91.0 Å². The van der Waals surface area contributed by atoms with Crippen LogP contribution in [0.5, 0.6) is 0 Å². The summed E-state index contributed by atoms with van der Waals surface area (Å²) in [4.78, 5) is 10.1. The average molecular weight is 568 g/mol. The van der Waals surface area contributed by atoms with Crippen LogP contribution in [0.4, 0.5) is 0 Å². The third-order valence-electron chi connectivity index (χ3n) is 8.34. The van der Waals surface area contributed by atoms with Gasteiger partial charge in [0.25, 0.3) is 0 Å². The summed E-state index contributed by atoms with van der Waals surface area (Å²) in [6, 6.07) is 47.6. The van der Waals surface area contributed by atoms with E-state index in [0.29, 0.717) is 5.84 Å². The summed E-state index contributed by atoms with van der Waals surface area (Å²) in [7, 11) is 0. The fourth-order valence-corrected chi connectivity index (χ4v) is 6.13. The quantitative estimate of drug-likeness (QED) is 0.230. The van der Waals surface area contributed by atoms with Gasteiger partial charge in [-0.3, -0.25) is 0 Å². The van der Waals surface area contributed by atoms with Crippen LogP contribution in [-0.2, 0) is 0 Å². The number of furan rings is 2. The van der Waals surface area contributed by atoms with E-state index in [2.05, 4.69) is 90.2 Å². The highest BCUT2D eigenvalue weighted by Gasteiger charge is 2.22. The van der Waals surface area contributed by atoms with Crippen molar-refractivity contribution < 1.29 is 8.83 Å². The Morgan fingerprint density at radius 2 is 1.07 bits per heavy atom. The molecule has 1 atom stereocenters. The first-order chi connectivity index (χ1) is 21.8. The number of amidine groups is 2. The maximum atomic E-state index is 6.24. The summed E-state index contributed by atoms with van der Waals surface area (Å²) >= 11 is 0. The highest BCUT2D eigenvalue weighted by molar-refractivity contribution is 6.16. The minimum Gasteiger partial charge on any atom is -0.456 e. The zero-order chi connectivity index (χ0) is 29.0. The number of aliphatic imine (C=N–C) groups is 2. The van der Waals surface area contributed by atoms with Crippen molar-refractivity contribution in [2.24, 2.45) is 9.98 Å². The van der Waals surface area contributed by atoms with Crippen LogP contribution in [0.3, 0.4) is 0 Å². The van der Waals surface area contributed by atoms with E-state index < -0.39 is 0 Å². The predicted molar refractivity (Wildman–Crippen MR) is 178 cm³/mol. The number of fused-ring (bicyclic) bond motifs is 6. The van der Waals surface area contributed by atoms with Gasteiger partial charge in [-0.2, -0.15) is 0 Å². The van der Waals surface area contributed by atoms with E-state index in [-0.39, 0.29) is 6.17 Å². The van der Waals surface area contributed by atoms with Crippen molar-refractivity contribution in [1.82, 2.24) is 5.32 Å². The molecule has 1 aliphatic heterocycles. The van der Waals surface area contributed by atoms with E-state index in [1.54, 1.807) is 0 Å². The lowest BCUT2D eigenvalue weighted by Gasteiger charge is -2.23. The molecule has 0 bridgehead atoms. The molecule has 0 amide bonds. The molecule has 2 aromatic heterocycles. The smallest absolute Gasteiger partial charge is 0.159 e. The molecule has 0 radical (unpaired) electrons. The van der Waals surface area contributed by atoms with Gasteiger partial charge in [-0.15, -0.1) is 0 Å². The van der Waals surface area contributed by atoms with Crippen molar-refractivity contribution in [2.75, 3.05) is 0 Å². The first kappa shape index (κ1) is 24.6. The number of para-hydroxylation sites is 1. The van der Waals surface area contributed by atoms with Gasteiger partial charge in [0.15, 0.2) is 5.84 Å². The standard InChI is InChI=1S/C39H25N3O2/c1-3-9-24(10-4-1)26-16-19-34-31(21-26)32-22-27(17-20-35(32)43-34)38-40-37(25-11-5-2-6-12-25)41-39(42-38)28-15-18-30-29-13-7-8-14-33(29)44-36(30)23-28/h1-23,37H,(H,40,41,42). The second-order valence-corrected chi connectivity index (χ2v) is 11.1. The molecule has 0 saturated carbocycles. The maximum absolute atomic E-state index is 6.24. The molecular formula is C39H25N3O2. The Morgan fingerprint density at radius 3 is 1.89 bits per heavy atom. The van der Waals surface area contributed by atoms with Crippen molar-refractivity contribution in [3.8, 4) is 11.1 Å². The summed E-state index contributed by atoms with van der Waals surface area (Å²) in [6.45, 7) is 0. The Hall–Kier alpha value is -5.94. The Balaban J connectivity index is 1.18. The fourth-order valence-electron chi connectivity index (χ4n) is 6.13. The second kappa shape index (κ2) is 9.82. The van der Waals surface area contributed by atoms with Crippen LogP contribution in [0, 0.1) is 0 Å². The molecule has 8 aromatic rings. The van der Waals surface area contributed by atoms with Crippen molar-refractivity contribution >= 4 is 55.5 Å². The van der Waals surface area contributed by atoms with E-state index in [4.69, 9.17) is 18.8 Å². The molecule has 0 spiro atoms. The third kappa shape index (κ3) is 4.09. The molecule has 5 nitrogen and oxygen atoms in total. The van der Waals surface area contributed by atoms with Crippen LogP contribution in [0.2, 0.25) is 0 Å². The predicted octanol–water partition coefficient (Wildman–Crippen LogP) is 9.65. The van der Waals surface area contributed by atoms with Gasteiger partial charge in [0, 0.05) is 32.7 Å². The molecule has 1 aliphatic rings. The molecule has 5 heteroatoms. The van der Waals surface area contributed by atoms with Crippen LogP contribution < -0.4 is 5.32 Å². The Kier molecular flexibility index (Phi) is 5.50. The zero-order valence-corrected chi connectivity index (χ0v) is 23.6. The van der Waals surface area contributed by atoms with E-state index in [0.717, 1.165) is 72.0 Å². The Morgan fingerprint density at radius 1 is 0.455 bits per heavy atom. The van der Waals surface area contributed by atoms with Crippen molar-refractivity contribution in [2.45, 2.75) is 6.17 Å². The van der Waals surface area contributed by atoms with Gasteiger partial charge in [0.05, 0.1) is 0 Å². The minimum absolute atomic E-state index is 0.299. The van der Waals surface area contributed by atoms with Crippen LogP contribution in [-0.4, -0.2) is 11.7 Å². The number of hydrogen-bond donors (Lipinski definition) is 1. The zero-order valence-electron chi connectivity index (χ0n) is 23.6. The number of nitrogens with one attached hydrogen (secondary N) is 1. The normalized spacial score (nSPS) is 15.0. The minimum atomic E-state index is -0.299. The van der Waals surface area contributed by atoms with Crippen molar-refractivity contribution in [1.29, 1.82) is 0 Å². The summed E-state index contributed by atoms with van der Waals surface area (Å²) in [5.74, 6) is 1.41. The molecular weight excluding hydrogens is 542 g/mol. The van der Waals surface area contributed by atoms with Crippen molar-refractivity contribution in [3.63, 3.8) is 0 Å². The molecule has 0 aliphatic carbocycles. The van der Waals surface area contributed by atoms with Gasteiger partial charge in [0.1, 0.15) is 34.3 Å². The molecule has 9 rings (SSSR count). The molecule has 0 saturated heterocycles. The van der Waals surface area contributed by atoms with Crippen LogP contribution in [0.1, 0.15) is 22.9 Å². The molecule has 208 valence electrons. The number of benzene rings is 6. The summed E-state index contributed by atoms with van der Waals surface area (Å²) in [5, 5.41) is 7.89. The molecule has 44 heavy (non-hydrogen) atoms. The average Bonchev–Trinajstić information content (AvgIpc) is 3.66. The lowest BCUT2D eigenvalue weighted by atomic mass is 10.0. The third-order valence-corrected chi connectivity index (χ3v) is 8.34. The molecule has 0 fully saturated rings. The highest BCUT2D eigenvalue weighted by atomic mass is 16.3. The first-order valence-corrected chi connectivity index (χ1v) is 14.7. The maximum Gasteiger partial charge on any atom is 0.159 e. The summed E-state index contributed by atoms with van der Waals surface area (Å²) < 4.78 is 12.4. The van der Waals surface area contributed by atoms with Gasteiger partial charge >= 0.3 is 0 Å². The number of hydrogen-bond acceptors (Lipinski definition) is 5. The van der Waals surface area contributed by atoms with Crippen LogP contribution >= 0.6 is 0 Å². The molecule has 1 N–H and O–H groups in total. The van der Waals surface area contributed by atoms with Gasteiger partial charge in [-0.25, -0.2) is 9.98 Å². The SMILES string of the molecule is c1ccc(-c2ccc3oc4ccc(C5=NC(c6ccc7c(c6)oc6ccccc67)=NC(c6ccccc6)N5)cc4c3c2)cc1.